The quantitative estimate of drug-likeness (QED) is 0.725. The maximum atomic E-state index is 11.1. The summed E-state index contributed by atoms with van der Waals surface area (Å²) >= 11 is 6.47. The molecule has 4 nitrogen and oxygen atoms in total. The minimum absolute atomic E-state index is 0.176. The molecule has 1 aromatic rings. The second-order valence-electron chi connectivity index (χ2n) is 8.59. The molecule has 1 N–H and O–H groups in total. The summed E-state index contributed by atoms with van der Waals surface area (Å²) in [5.74, 6) is 0. The van der Waals surface area contributed by atoms with Crippen molar-refractivity contribution in [1.29, 1.82) is 0 Å². The Bertz CT molecular complexity index is 943. The number of hydrogen-bond donors (Lipinski definition) is 1. The van der Waals surface area contributed by atoms with Crippen LogP contribution >= 0.6 is 11.6 Å². The molecule has 3 aliphatic rings. The number of rotatable bonds is 5. The first-order valence-electron chi connectivity index (χ1n) is 10.2. The van der Waals surface area contributed by atoms with Gasteiger partial charge in [0, 0.05) is 36.3 Å². The molecule has 0 unspecified atom stereocenters. The number of nitrogens with zero attached hydrogens (tertiary/aromatic N) is 2. The molecule has 1 saturated carbocycles. The first kappa shape index (κ1) is 20.0. The van der Waals surface area contributed by atoms with Gasteiger partial charge in [0.25, 0.3) is 0 Å². The van der Waals surface area contributed by atoms with Crippen molar-refractivity contribution < 1.29 is 4.79 Å². The first-order valence-corrected chi connectivity index (χ1v) is 10.6. The van der Waals surface area contributed by atoms with Crippen LogP contribution in [0.3, 0.4) is 0 Å². The number of benzene rings is 1. The topological polar surface area (TPSA) is 44.7 Å². The van der Waals surface area contributed by atoms with Gasteiger partial charge in [-0.3, -0.25) is 9.79 Å². The van der Waals surface area contributed by atoms with Crippen molar-refractivity contribution in [3.05, 3.63) is 69.9 Å². The largest absolute Gasteiger partial charge is 0.375 e. The molecule has 0 radical (unpaired) electrons. The molecule has 0 aromatic heterocycles. The highest BCUT2D eigenvalue weighted by molar-refractivity contribution is 6.31. The number of allylic oxidation sites excluding steroid dienone is 5. The zero-order valence-electron chi connectivity index (χ0n) is 17.3. The molecule has 1 heterocycles. The summed E-state index contributed by atoms with van der Waals surface area (Å²) in [7, 11) is 1.84. The van der Waals surface area contributed by atoms with Crippen LogP contribution in [0.15, 0.2) is 58.8 Å². The summed E-state index contributed by atoms with van der Waals surface area (Å²) in [4.78, 5) is 17.4. The smallest absolute Gasteiger partial charge is 0.209 e. The Balaban J connectivity index is 1.65. The molecule has 4 rings (SSSR count). The average Bonchev–Trinajstić information content (AvgIpc) is 2.66. The second-order valence-corrected chi connectivity index (χ2v) is 9.00. The zero-order chi connectivity index (χ0) is 20.6. The van der Waals surface area contributed by atoms with E-state index in [1.54, 1.807) is 0 Å². The Hall–Kier alpha value is -2.33. The highest BCUT2D eigenvalue weighted by atomic mass is 35.5. The van der Waals surface area contributed by atoms with Crippen LogP contribution in [-0.2, 0) is 10.3 Å². The van der Waals surface area contributed by atoms with Crippen LogP contribution in [-0.4, -0.2) is 37.2 Å². The van der Waals surface area contributed by atoms with Gasteiger partial charge < -0.3 is 10.2 Å². The molecule has 1 saturated heterocycles. The van der Waals surface area contributed by atoms with Crippen molar-refractivity contribution in [2.75, 3.05) is 20.1 Å². The maximum absolute atomic E-state index is 11.1. The van der Waals surface area contributed by atoms with E-state index in [1.807, 2.05) is 24.1 Å². The standard InChI is InChI=1S/C24H28ClN3O/c1-4-6-18-9-10-19(11-22(18)26-3)27-24(20-7-5-8-21(25)17(20)2)12-23(13-24)14-28(15-23)16-29/h5-11,16,27H,4,12-15H2,1-3H3/b18-6-,26-22?. The summed E-state index contributed by atoms with van der Waals surface area (Å²) in [5, 5.41) is 4.63. The van der Waals surface area contributed by atoms with E-state index in [-0.39, 0.29) is 11.0 Å². The predicted molar refractivity (Wildman–Crippen MR) is 119 cm³/mol. The van der Waals surface area contributed by atoms with Crippen molar-refractivity contribution in [3.63, 3.8) is 0 Å². The molecule has 1 aliphatic heterocycles. The Morgan fingerprint density at radius 2 is 2.03 bits per heavy atom. The minimum atomic E-state index is -0.176. The lowest BCUT2D eigenvalue weighted by Crippen LogP contribution is -2.69. The van der Waals surface area contributed by atoms with E-state index in [4.69, 9.17) is 11.6 Å². The Kier molecular flexibility index (Phi) is 5.16. The average molecular weight is 410 g/mol. The number of halogens is 1. The normalized spacial score (nSPS) is 24.3. The predicted octanol–water partition coefficient (Wildman–Crippen LogP) is 4.55. The van der Waals surface area contributed by atoms with Crippen molar-refractivity contribution in [2.45, 2.75) is 38.6 Å². The molecule has 29 heavy (non-hydrogen) atoms. The number of hydrogen-bond acceptors (Lipinski definition) is 3. The highest BCUT2D eigenvalue weighted by Gasteiger charge is 2.61. The summed E-state index contributed by atoms with van der Waals surface area (Å²) < 4.78 is 0. The molecule has 1 amide bonds. The molecule has 5 heteroatoms. The molecule has 152 valence electrons. The van der Waals surface area contributed by atoms with Gasteiger partial charge in [-0.25, -0.2) is 0 Å². The number of aliphatic imine (C=N–C) groups is 1. The van der Waals surface area contributed by atoms with Gasteiger partial charge in [0.15, 0.2) is 0 Å². The van der Waals surface area contributed by atoms with Gasteiger partial charge in [-0.15, -0.1) is 0 Å². The maximum Gasteiger partial charge on any atom is 0.209 e. The zero-order valence-corrected chi connectivity index (χ0v) is 18.1. The Labute approximate surface area is 178 Å². The summed E-state index contributed by atoms with van der Waals surface area (Å²) in [5.41, 5.74) is 5.65. The van der Waals surface area contributed by atoms with Crippen molar-refractivity contribution in [1.82, 2.24) is 10.2 Å². The van der Waals surface area contributed by atoms with Crippen LogP contribution in [0.5, 0.6) is 0 Å². The van der Waals surface area contributed by atoms with E-state index in [1.165, 1.54) is 11.1 Å². The van der Waals surface area contributed by atoms with Crippen LogP contribution < -0.4 is 5.32 Å². The van der Waals surface area contributed by atoms with Gasteiger partial charge in [-0.2, -0.15) is 0 Å². The molecule has 2 aliphatic carbocycles. The van der Waals surface area contributed by atoms with Crippen LogP contribution in [0.4, 0.5) is 0 Å². The van der Waals surface area contributed by atoms with Crippen LogP contribution in [0, 0.1) is 12.3 Å². The lowest BCUT2D eigenvalue weighted by atomic mass is 9.51. The molecule has 1 spiro atoms. The monoisotopic (exact) mass is 409 g/mol. The first-order chi connectivity index (χ1) is 13.9. The molecule has 2 fully saturated rings. The number of amides is 1. The third-order valence-electron chi connectivity index (χ3n) is 6.44. The van der Waals surface area contributed by atoms with Gasteiger partial charge in [0.2, 0.25) is 6.41 Å². The van der Waals surface area contributed by atoms with E-state index >= 15 is 0 Å². The SMILES string of the molecule is CC/C=C1/C=CC(NC2(c3cccc(Cl)c3C)CC3(CN(C=O)C3)C2)=CC1=NC. The molecular formula is C24H28ClN3O. The number of carbonyl (C=O) groups is 1. The summed E-state index contributed by atoms with van der Waals surface area (Å²) in [6.07, 6.45) is 12.5. The fourth-order valence-corrected chi connectivity index (χ4v) is 5.47. The van der Waals surface area contributed by atoms with Gasteiger partial charge in [0.05, 0.1) is 11.3 Å². The Morgan fingerprint density at radius 1 is 1.28 bits per heavy atom. The lowest BCUT2D eigenvalue weighted by molar-refractivity contribution is -0.147. The van der Waals surface area contributed by atoms with Gasteiger partial charge in [0.1, 0.15) is 0 Å². The van der Waals surface area contributed by atoms with E-state index in [0.29, 0.717) is 0 Å². The molecular weight excluding hydrogens is 382 g/mol. The Morgan fingerprint density at radius 3 is 2.69 bits per heavy atom. The van der Waals surface area contributed by atoms with Gasteiger partial charge in [-0.1, -0.05) is 42.8 Å². The van der Waals surface area contributed by atoms with Gasteiger partial charge in [-0.05, 0) is 61.1 Å². The van der Waals surface area contributed by atoms with Crippen molar-refractivity contribution in [3.8, 4) is 0 Å². The molecule has 0 atom stereocenters. The fraction of sp³-hybridized carbons (Fsp3) is 0.417. The minimum Gasteiger partial charge on any atom is -0.375 e. The van der Waals surface area contributed by atoms with E-state index in [0.717, 1.165) is 60.8 Å². The highest BCUT2D eigenvalue weighted by Crippen LogP contribution is 2.59. The van der Waals surface area contributed by atoms with Crippen molar-refractivity contribution in [2.24, 2.45) is 10.4 Å². The fourth-order valence-electron chi connectivity index (χ4n) is 5.30. The number of likely N-dealkylation sites (tertiary alicyclic amines) is 1. The third-order valence-corrected chi connectivity index (χ3v) is 6.85. The number of nitrogens with one attached hydrogen (secondary N) is 1. The lowest BCUT2D eigenvalue weighted by Gasteiger charge is -2.64. The van der Waals surface area contributed by atoms with Crippen LogP contribution in [0.1, 0.15) is 37.3 Å². The van der Waals surface area contributed by atoms with E-state index in [9.17, 15) is 4.79 Å². The third kappa shape index (κ3) is 3.44. The van der Waals surface area contributed by atoms with Crippen LogP contribution in [0.2, 0.25) is 5.02 Å². The summed E-state index contributed by atoms with van der Waals surface area (Å²) in [6.45, 7) is 5.92. The van der Waals surface area contributed by atoms with E-state index < -0.39 is 0 Å². The van der Waals surface area contributed by atoms with E-state index in [2.05, 4.69) is 54.5 Å². The second kappa shape index (κ2) is 7.49. The number of carbonyl (C=O) groups excluding carboxylic acids is 1. The summed E-state index contributed by atoms with van der Waals surface area (Å²) in [6, 6.07) is 6.16. The molecule has 0 bridgehead atoms. The van der Waals surface area contributed by atoms with Gasteiger partial charge >= 0.3 is 0 Å². The van der Waals surface area contributed by atoms with Crippen molar-refractivity contribution >= 4 is 23.7 Å². The van der Waals surface area contributed by atoms with Crippen LogP contribution in [0.25, 0.3) is 0 Å². The molecule has 1 aromatic carbocycles.